The van der Waals surface area contributed by atoms with Gasteiger partial charge in [-0.25, -0.2) is 4.98 Å². The Balaban J connectivity index is 2.86. The number of aromatic nitrogens is 1. The van der Waals surface area contributed by atoms with Crippen molar-refractivity contribution in [3.63, 3.8) is 0 Å². The van der Waals surface area contributed by atoms with Crippen LogP contribution in [0.4, 0.5) is 0 Å². The summed E-state index contributed by atoms with van der Waals surface area (Å²) >= 11 is 1.61. The monoisotopic (exact) mass is 147 g/mol. The first-order valence-corrected chi connectivity index (χ1v) is 3.83. The number of rotatable bonds is 0. The predicted molar refractivity (Wildman–Crippen MR) is 43.0 cm³/mol. The number of nitrogens with zero attached hydrogens (tertiary/aromatic N) is 1. The summed E-state index contributed by atoms with van der Waals surface area (Å²) in [6.45, 7) is 5.56. The van der Waals surface area contributed by atoms with Gasteiger partial charge in [-0.1, -0.05) is 6.07 Å². The molecule has 0 bridgehead atoms. The van der Waals surface area contributed by atoms with E-state index in [2.05, 4.69) is 4.98 Å². The van der Waals surface area contributed by atoms with E-state index in [1.54, 1.807) is 11.3 Å². The van der Waals surface area contributed by atoms with E-state index in [1.807, 2.05) is 23.7 Å². The molecule has 1 heterocycles. The summed E-state index contributed by atoms with van der Waals surface area (Å²) in [6, 6.07) is 5.73. The van der Waals surface area contributed by atoms with Gasteiger partial charge in [0.25, 0.3) is 0 Å². The summed E-state index contributed by atoms with van der Waals surface area (Å²) in [7, 11) is 0. The zero-order chi connectivity index (χ0) is 6.97. The number of fused-ring (bicyclic) bond motifs is 1. The van der Waals surface area contributed by atoms with Crippen LogP contribution in [-0.2, 0) is 0 Å². The largest absolute Gasteiger partial charge is 0.245 e. The molecule has 0 amide bonds. The van der Waals surface area contributed by atoms with Gasteiger partial charge in [-0.3, -0.25) is 0 Å². The fraction of sp³-hybridized carbons (Fsp3) is 0. The summed E-state index contributed by atoms with van der Waals surface area (Å²) in [5.74, 6) is 0. The van der Waals surface area contributed by atoms with Crippen LogP contribution in [0.25, 0.3) is 10.2 Å². The molecule has 0 unspecified atom stereocenters. The van der Waals surface area contributed by atoms with Gasteiger partial charge in [-0.2, -0.15) is 0 Å². The second-order valence-corrected chi connectivity index (χ2v) is 2.97. The molecular formula is C8H5NS. The van der Waals surface area contributed by atoms with E-state index in [4.69, 9.17) is 6.92 Å². The van der Waals surface area contributed by atoms with E-state index in [0.717, 1.165) is 15.8 Å². The molecule has 0 aliphatic heterocycles. The van der Waals surface area contributed by atoms with E-state index in [-0.39, 0.29) is 0 Å². The Bertz CT molecular complexity index is 351. The Labute approximate surface area is 63.3 Å². The van der Waals surface area contributed by atoms with Crippen LogP contribution in [-0.4, -0.2) is 4.98 Å². The second kappa shape index (κ2) is 2.06. The molecule has 0 atom stereocenters. The maximum atomic E-state index is 5.56. The van der Waals surface area contributed by atoms with Gasteiger partial charge in [0.15, 0.2) is 0 Å². The van der Waals surface area contributed by atoms with Crippen molar-refractivity contribution < 1.29 is 0 Å². The van der Waals surface area contributed by atoms with Crippen LogP contribution in [0.5, 0.6) is 0 Å². The molecule has 1 aromatic carbocycles. The minimum Gasteiger partial charge on any atom is -0.245 e. The van der Waals surface area contributed by atoms with Crippen LogP contribution in [0.15, 0.2) is 23.7 Å². The molecular weight excluding hydrogens is 142 g/mol. The van der Waals surface area contributed by atoms with Crippen LogP contribution in [0, 0.1) is 6.92 Å². The number of benzene rings is 1. The Morgan fingerprint density at radius 2 is 2.30 bits per heavy atom. The SMILES string of the molecule is [CH]c1ccc2ncsc2c1. The third-order valence-electron chi connectivity index (χ3n) is 1.36. The minimum atomic E-state index is 0.803. The van der Waals surface area contributed by atoms with E-state index in [9.17, 15) is 0 Å². The lowest BCUT2D eigenvalue weighted by Gasteiger charge is -1.88. The van der Waals surface area contributed by atoms with Gasteiger partial charge in [0.1, 0.15) is 0 Å². The van der Waals surface area contributed by atoms with Crippen molar-refractivity contribution in [2.24, 2.45) is 0 Å². The van der Waals surface area contributed by atoms with Gasteiger partial charge in [0.2, 0.25) is 0 Å². The van der Waals surface area contributed by atoms with Gasteiger partial charge in [0, 0.05) is 0 Å². The fourth-order valence-corrected chi connectivity index (χ4v) is 1.60. The standard InChI is InChI=1S/C8H5NS/c1-6-2-3-7-8(4-6)10-5-9-7/h1-5H. The molecule has 0 aliphatic carbocycles. The predicted octanol–water partition coefficient (Wildman–Crippen LogP) is 2.36. The third-order valence-corrected chi connectivity index (χ3v) is 2.15. The summed E-state index contributed by atoms with van der Waals surface area (Å²) in [5, 5.41) is 0. The molecule has 0 fully saturated rings. The minimum absolute atomic E-state index is 0.803. The number of hydrogen-bond acceptors (Lipinski definition) is 2. The highest BCUT2D eigenvalue weighted by molar-refractivity contribution is 7.16. The highest BCUT2D eigenvalue weighted by Gasteiger charge is 1.93. The van der Waals surface area contributed by atoms with Crippen LogP contribution >= 0.6 is 11.3 Å². The highest BCUT2D eigenvalue weighted by atomic mass is 32.1. The molecule has 1 aromatic heterocycles. The molecule has 48 valence electrons. The van der Waals surface area contributed by atoms with E-state index < -0.39 is 0 Å². The normalized spacial score (nSPS) is 10.5. The molecule has 0 N–H and O–H groups in total. The Kier molecular flexibility index (Phi) is 1.21. The first-order chi connectivity index (χ1) is 4.86. The average molecular weight is 147 g/mol. The summed E-state index contributed by atoms with van der Waals surface area (Å²) < 4.78 is 1.15. The molecule has 0 spiro atoms. The van der Waals surface area contributed by atoms with Crippen molar-refractivity contribution in [2.75, 3.05) is 0 Å². The Hall–Kier alpha value is -0.890. The maximum Gasteiger partial charge on any atom is 0.0812 e. The molecule has 0 saturated carbocycles. The van der Waals surface area contributed by atoms with Crippen molar-refractivity contribution in [1.82, 2.24) is 4.98 Å². The molecule has 2 heteroatoms. The summed E-state index contributed by atoms with van der Waals surface area (Å²) in [5.41, 5.74) is 3.65. The van der Waals surface area contributed by atoms with E-state index in [1.165, 1.54) is 0 Å². The van der Waals surface area contributed by atoms with Crippen molar-refractivity contribution >= 4 is 21.6 Å². The highest BCUT2D eigenvalue weighted by Crippen LogP contribution is 2.17. The molecule has 2 rings (SSSR count). The van der Waals surface area contributed by atoms with Crippen LogP contribution < -0.4 is 0 Å². The molecule has 2 radical (unpaired) electrons. The quantitative estimate of drug-likeness (QED) is 0.557. The fourth-order valence-electron chi connectivity index (χ4n) is 0.872. The van der Waals surface area contributed by atoms with Gasteiger partial charge >= 0.3 is 0 Å². The smallest absolute Gasteiger partial charge is 0.0812 e. The summed E-state index contributed by atoms with van der Waals surface area (Å²) in [4.78, 5) is 4.12. The van der Waals surface area contributed by atoms with E-state index >= 15 is 0 Å². The van der Waals surface area contributed by atoms with Gasteiger partial charge < -0.3 is 0 Å². The van der Waals surface area contributed by atoms with Gasteiger partial charge in [-0.05, 0) is 24.6 Å². The first kappa shape index (κ1) is 5.86. The van der Waals surface area contributed by atoms with Crippen molar-refractivity contribution in [2.45, 2.75) is 0 Å². The average Bonchev–Trinajstić information content (AvgIpc) is 2.33. The molecule has 10 heavy (non-hydrogen) atoms. The second-order valence-electron chi connectivity index (χ2n) is 2.08. The molecule has 1 nitrogen and oxygen atoms in total. The Morgan fingerprint density at radius 3 is 3.20 bits per heavy atom. The van der Waals surface area contributed by atoms with Gasteiger partial charge in [-0.15, -0.1) is 11.3 Å². The maximum absolute atomic E-state index is 5.56. The van der Waals surface area contributed by atoms with Crippen LogP contribution in [0.2, 0.25) is 0 Å². The lowest BCUT2D eigenvalue weighted by Crippen LogP contribution is -1.69. The topological polar surface area (TPSA) is 12.9 Å². The van der Waals surface area contributed by atoms with Crippen molar-refractivity contribution in [1.29, 1.82) is 0 Å². The zero-order valence-electron chi connectivity index (χ0n) is 5.24. The van der Waals surface area contributed by atoms with Crippen molar-refractivity contribution in [3.05, 3.63) is 36.2 Å². The molecule has 0 saturated heterocycles. The lowest BCUT2D eigenvalue weighted by atomic mass is 10.2. The Morgan fingerprint density at radius 1 is 1.40 bits per heavy atom. The van der Waals surface area contributed by atoms with Gasteiger partial charge in [0.05, 0.1) is 15.7 Å². The van der Waals surface area contributed by atoms with Crippen LogP contribution in [0.1, 0.15) is 5.56 Å². The molecule has 0 aliphatic rings. The molecule has 2 aromatic rings. The first-order valence-electron chi connectivity index (χ1n) is 2.95. The van der Waals surface area contributed by atoms with Crippen molar-refractivity contribution in [3.8, 4) is 0 Å². The zero-order valence-corrected chi connectivity index (χ0v) is 6.06. The third kappa shape index (κ3) is 0.809. The lowest BCUT2D eigenvalue weighted by molar-refractivity contribution is 1.49. The summed E-state index contributed by atoms with van der Waals surface area (Å²) in [6.07, 6.45) is 0. The number of thiazole rings is 1. The number of hydrogen-bond donors (Lipinski definition) is 0. The van der Waals surface area contributed by atoms with Crippen LogP contribution in [0.3, 0.4) is 0 Å². The van der Waals surface area contributed by atoms with E-state index in [0.29, 0.717) is 0 Å².